The van der Waals surface area contributed by atoms with Gasteiger partial charge < -0.3 is 0 Å². The molecule has 9 nitrogen and oxygen atoms in total. The van der Waals surface area contributed by atoms with Crippen molar-refractivity contribution in [3.05, 3.63) is 58.1 Å². The molecule has 1 saturated heterocycles. The second kappa shape index (κ2) is 7.49. The Labute approximate surface area is 163 Å². The van der Waals surface area contributed by atoms with Gasteiger partial charge in [0.15, 0.2) is 0 Å². The molecule has 1 aliphatic heterocycles. The third kappa shape index (κ3) is 4.01. The normalized spacial score (nSPS) is 15.5. The van der Waals surface area contributed by atoms with E-state index in [1.165, 1.54) is 47.6 Å². The van der Waals surface area contributed by atoms with Crippen LogP contribution in [0.5, 0.6) is 0 Å². The summed E-state index contributed by atoms with van der Waals surface area (Å²) in [5.41, 5.74) is 0.207. The summed E-state index contributed by atoms with van der Waals surface area (Å²) in [7, 11) is -7.65. The Kier molecular flexibility index (Phi) is 5.41. The Hall–Kier alpha value is -2.50. The van der Waals surface area contributed by atoms with Gasteiger partial charge in [-0.05, 0) is 50.1 Å². The first-order valence-electron chi connectivity index (χ1n) is 8.49. The van der Waals surface area contributed by atoms with Crippen molar-refractivity contribution in [1.82, 2.24) is 4.31 Å². The number of nitrogens with zero attached hydrogens (tertiary/aromatic N) is 2. The Morgan fingerprint density at radius 2 is 1.54 bits per heavy atom. The highest BCUT2D eigenvalue weighted by molar-refractivity contribution is 7.92. The van der Waals surface area contributed by atoms with Crippen LogP contribution in [0.25, 0.3) is 0 Å². The van der Waals surface area contributed by atoms with Crippen molar-refractivity contribution in [2.45, 2.75) is 29.6 Å². The zero-order chi connectivity index (χ0) is 20.5. The van der Waals surface area contributed by atoms with Gasteiger partial charge in [-0.1, -0.05) is 6.07 Å². The lowest BCUT2D eigenvalue weighted by atomic mass is 10.2. The average molecular weight is 425 g/mol. The third-order valence-electron chi connectivity index (χ3n) is 4.50. The quantitative estimate of drug-likeness (QED) is 0.560. The fourth-order valence-corrected chi connectivity index (χ4v) is 5.53. The number of nitro benzene ring substituents is 1. The molecule has 11 heteroatoms. The monoisotopic (exact) mass is 425 g/mol. The van der Waals surface area contributed by atoms with Crippen LogP contribution in [0, 0.1) is 17.0 Å². The highest BCUT2D eigenvalue weighted by atomic mass is 32.2. The molecule has 0 amide bonds. The second-order valence-electron chi connectivity index (χ2n) is 6.45. The molecule has 0 aromatic heterocycles. The van der Waals surface area contributed by atoms with Crippen molar-refractivity contribution >= 4 is 31.4 Å². The summed E-state index contributed by atoms with van der Waals surface area (Å²) in [5.74, 6) is 0. The number of hydrogen-bond donors (Lipinski definition) is 1. The van der Waals surface area contributed by atoms with Gasteiger partial charge >= 0.3 is 0 Å². The SMILES string of the molecule is Cc1ccc(S(=O)(=O)Nc2ccc(S(=O)(=O)N3CCCC3)cc2)cc1[N+](=O)[O-]. The number of sulfonamides is 2. The zero-order valence-corrected chi connectivity index (χ0v) is 16.7. The molecule has 0 unspecified atom stereocenters. The van der Waals surface area contributed by atoms with Gasteiger partial charge in [0.25, 0.3) is 15.7 Å². The summed E-state index contributed by atoms with van der Waals surface area (Å²) in [4.78, 5) is 10.2. The van der Waals surface area contributed by atoms with Crippen LogP contribution in [0.1, 0.15) is 18.4 Å². The standard InChI is InChI=1S/C17H19N3O6S2/c1-13-4-7-16(12-17(13)20(21)22)27(23,24)18-14-5-8-15(9-6-14)28(25,26)19-10-2-3-11-19/h4-9,12,18H,2-3,10-11H2,1H3. The van der Waals surface area contributed by atoms with E-state index >= 15 is 0 Å². The number of hydrogen-bond acceptors (Lipinski definition) is 6. The molecule has 1 N–H and O–H groups in total. The van der Waals surface area contributed by atoms with Gasteiger partial charge in [-0.3, -0.25) is 14.8 Å². The molecule has 0 aliphatic carbocycles. The molecule has 0 radical (unpaired) electrons. The van der Waals surface area contributed by atoms with Crippen molar-refractivity contribution in [3.63, 3.8) is 0 Å². The zero-order valence-electron chi connectivity index (χ0n) is 15.0. The lowest BCUT2D eigenvalue weighted by molar-refractivity contribution is -0.385. The van der Waals surface area contributed by atoms with E-state index in [1.54, 1.807) is 0 Å². The molecular formula is C17H19N3O6S2. The minimum atomic E-state index is -4.06. The minimum absolute atomic E-state index is 0.0864. The maximum Gasteiger partial charge on any atom is 0.273 e. The van der Waals surface area contributed by atoms with Crippen molar-refractivity contribution in [3.8, 4) is 0 Å². The number of benzene rings is 2. The summed E-state index contributed by atoms with van der Waals surface area (Å²) in [6.07, 6.45) is 1.64. The van der Waals surface area contributed by atoms with Crippen molar-refractivity contribution < 1.29 is 21.8 Å². The molecule has 150 valence electrons. The van der Waals surface area contributed by atoms with Crippen LogP contribution in [-0.4, -0.2) is 39.2 Å². The molecule has 1 heterocycles. The Morgan fingerprint density at radius 1 is 0.964 bits per heavy atom. The van der Waals surface area contributed by atoms with Gasteiger partial charge in [-0.15, -0.1) is 0 Å². The van der Waals surface area contributed by atoms with Crippen molar-refractivity contribution in [2.24, 2.45) is 0 Å². The molecule has 3 rings (SSSR count). The molecule has 2 aromatic carbocycles. The van der Waals surface area contributed by atoms with Crippen LogP contribution in [0.15, 0.2) is 52.3 Å². The number of anilines is 1. The van der Waals surface area contributed by atoms with Gasteiger partial charge in [0, 0.05) is 30.4 Å². The maximum atomic E-state index is 12.5. The fraction of sp³-hybridized carbons (Fsp3) is 0.294. The van der Waals surface area contributed by atoms with Crippen LogP contribution in [0.4, 0.5) is 11.4 Å². The van der Waals surface area contributed by atoms with Gasteiger partial charge in [0.1, 0.15) is 0 Å². The Bertz CT molecular complexity index is 1110. The lowest BCUT2D eigenvalue weighted by Crippen LogP contribution is -2.27. The molecule has 0 atom stereocenters. The molecule has 0 saturated carbocycles. The average Bonchev–Trinajstić information content (AvgIpc) is 3.17. The summed E-state index contributed by atoms with van der Waals surface area (Å²) in [6.45, 7) is 2.47. The largest absolute Gasteiger partial charge is 0.280 e. The first-order chi connectivity index (χ1) is 13.1. The maximum absolute atomic E-state index is 12.5. The molecule has 2 aromatic rings. The minimum Gasteiger partial charge on any atom is -0.280 e. The number of nitrogens with one attached hydrogen (secondary N) is 1. The second-order valence-corrected chi connectivity index (χ2v) is 10.1. The smallest absolute Gasteiger partial charge is 0.273 e. The molecule has 28 heavy (non-hydrogen) atoms. The van der Waals surface area contributed by atoms with E-state index in [1.807, 2.05) is 0 Å². The molecule has 0 spiro atoms. The predicted molar refractivity (Wildman–Crippen MR) is 103 cm³/mol. The van der Waals surface area contributed by atoms with Gasteiger partial charge in [-0.25, -0.2) is 16.8 Å². The van der Waals surface area contributed by atoms with E-state index in [2.05, 4.69) is 4.72 Å². The first-order valence-corrected chi connectivity index (χ1v) is 11.4. The summed E-state index contributed by atoms with van der Waals surface area (Å²) in [6, 6.07) is 9.00. The number of aryl methyl sites for hydroxylation is 1. The third-order valence-corrected chi connectivity index (χ3v) is 7.79. The van der Waals surface area contributed by atoms with E-state index in [0.717, 1.165) is 18.9 Å². The first kappa shape index (κ1) is 20.2. The number of rotatable bonds is 6. The van der Waals surface area contributed by atoms with Crippen molar-refractivity contribution in [1.29, 1.82) is 0 Å². The van der Waals surface area contributed by atoms with Crippen LogP contribution in [-0.2, 0) is 20.0 Å². The summed E-state index contributed by atoms with van der Waals surface area (Å²) in [5, 5.41) is 11.0. The Balaban J connectivity index is 1.84. The number of nitro groups is 1. The molecule has 1 aliphatic rings. The van der Waals surface area contributed by atoms with Crippen LogP contribution < -0.4 is 4.72 Å². The molecule has 0 bridgehead atoms. The predicted octanol–water partition coefficient (Wildman–Crippen LogP) is 2.49. The topological polar surface area (TPSA) is 127 Å². The van der Waals surface area contributed by atoms with E-state index in [-0.39, 0.29) is 21.2 Å². The summed E-state index contributed by atoms with van der Waals surface area (Å²) >= 11 is 0. The van der Waals surface area contributed by atoms with Crippen LogP contribution >= 0.6 is 0 Å². The van der Waals surface area contributed by atoms with Gasteiger partial charge in [0.2, 0.25) is 10.0 Å². The summed E-state index contributed by atoms with van der Waals surface area (Å²) < 4.78 is 53.8. The highest BCUT2D eigenvalue weighted by Crippen LogP contribution is 2.25. The van der Waals surface area contributed by atoms with E-state index in [0.29, 0.717) is 18.7 Å². The van der Waals surface area contributed by atoms with E-state index in [9.17, 15) is 26.9 Å². The van der Waals surface area contributed by atoms with Crippen LogP contribution in [0.2, 0.25) is 0 Å². The van der Waals surface area contributed by atoms with Crippen LogP contribution in [0.3, 0.4) is 0 Å². The van der Waals surface area contributed by atoms with Crippen molar-refractivity contribution in [2.75, 3.05) is 17.8 Å². The lowest BCUT2D eigenvalue weighted by Gasteiger charge is -2.16. The van der Waals surface area contributed by atoms with E-state index in [4.69, 9.17) is 0 Å². The highest BCUT2D eigenvalue weighted by Gasteiger charge is 2.27. The van der Waals surface area contributed by atoms with E-state index < -0.39 is 25.0 Å². The van der Waals surface area contributed by atoms with Gasteiger partial charge in [0.05, 0.1) is 14.7 Å². The fourth-order valence-electron chi connectivity index (χ4n) is 2.94. The van der Waals surface area contributed by atoms with Gasteiger partial charge in [-0.2, -0.15) is 4.31 Å². The Morgan fingerprint density at radius 3 is 2.11 bits per heavy atom. The molecular weight excluding hydrogens is 406 g/mol. The molecule has 1 fully saturated rings.